The summed E-state index contributed by atoms with van der Waals surface area (Å²) in [6, 6.07) is 5.83. The van der Waals surface area contributed by atoms with Crippen molar-refractivity contribution in [3.05, 3.63) is 46.5 Å². The van der Waals surface area contributed by atoms with Crippen LogP contribution in [0.15, 0.2) is 30.6 Å². The lowest BCUT2D eigenvalue weighted by Gasteiger charge is -2.10. The van der Waals surface area contributed by atoms with Crippen LogP contribution in [0.5, 0.6) is 0 Å². The van der Waals surface area contributed by atoms with E-state index in [2.05, 4.69) is 20.6 Å². The van der Waals surface area contributed by atoms with Gasteiger partial charge in [0.05, 0.1) is 17.2 Å². The van der Waals surface area contributed by atoms with Gasteiger partial charge in [-0.3, -0.25) is 10.1 Å². The summed E-state index contributed by atoms with van der Waals surface area (Å²) in [6.45, 7) is 0.699. The Balaban J connectivity index is 2.32. The van der Waals surface area contributed by atoms with Gasteiger partial charge in [-0.15, -0.1) is 0 Å². The van der Waals surface area contributed by atoms with Crippen molar-refractivity contribution in [1.82, 2.24) is 9.97 Å². The van der Waals surface area contributed by atoms with Crippen molar-refractivity contribution in [3.63, 3.8) is 0 Å². The number of nitro groups is 1. The van der Waals surface area contributed by atoms with Gasteiger partial charge in [0.15, 0.2) is 0 Å². The third-order valence-electron chi connectivity index (χ3n) is 2.73. The number of ether oxygens (including phenoxy) is 1. The number of hydrogen-bond acceptors (Lipinski definition) is 7. The molecule has 1 aromatic heterocycles. The molecule has 2 rings (SSSR count). The highest BCUT2D eigenvalue weighted by molar-refractivity contribution is 5.73. The minimum absolute atomic E-state index is 0.0379. The first kappa shape index (κ1) is 15.6. The molecule has 8 nitrogen and oxygen atoms in total. The van der Waals surface area contributed by atoms with Crippen LogP contribution in [0.2, 0.25) is 0 Å². The number of nitrogens with zero attached hydrogens (tertiary/aromatic N) is 3. The molecule has 9 heteroatoms. The normalized spacial score (nSPS) is 10.3. The molecule has 1 heterocycles. The average molecular weight is 307 g/mol. The second kappa shape index (κ2) is 7.27. The van der Waals surface area contributed by atoms with Crippen LogP contribution in [0.4, 0.5) is 27.4 Å². The van der Waals surface area contributed by atoms with Crippen LogP contribution in [0.1, 0.15) is 0 Å². The lowest BCUT2D eigenvalue weighted by Crippen LogP contribution is -2.12. The number of nitrogens with one attached hydrogen (secondary N) is 2. The molecule has 22 heavy (non-hydrogen) atoms. The predicted molar refractivity (Wildman–Crippen MR) is 78.7 cm³/mol. The van der Waals surface area contributed by atoms with Gasteiger partial charge >= 0.3 is 5.69 Å². The van der Waals surface area contributed by atoms with Crippen LogP contribution in [0, 0.1) is 15.9 Å². The maximum Gasteiger partial charge on any atom is 0.353 e. The van der Waals surface area contributed by atoms with Crippen molar-refractivity contribution >= 4 is 23.0 Å². The van der Waals surface area contributed by atoms with Crippen molar-refractivity contribution in [2.75, 3.05) is 30.9 Å². The van der Waals surface area contributed by atoms with E-state index in [-0.39, 0.29) is 23.0 Å². The van der Waals surface area contributed by atoms with Crippen LogP contribution in [-0.2, 0) is 4.74 Å². The van der Waals surface area contributed by atoms with Gasteiger partial charge in [-0.1, -0.05) is 12.1 Å². The fourth-order valence-corrected chi connectivity index (χ4v) is 1.73. The molecule has 0 radical (unpaired) electrons. The predicted octanol–water partition coefficient (Wildman–Crippen LogP) is 2.33. The van der Waals surface area contributed by atoms with Crippen molar-refractivity contribution in [2.45, 2.75) is 0 Å². The fraction of sp³-hybridized carbons (Fsp3) is 0.231. The number of benzene rings is 1. The molecule has 0 spiro atoms. The van der Waals surface area contributed by atoms with Gasteiger partial charge in [-0.25, -0.2) is 14.4 Å². The van der Waals surface area contributed by atoms with E-state index in [9.17, 15) is 14.5 Å². The summed E-state index contributed by atoms with van der Waals surface area (Å²) in [4.78, 5) is 18.3. The van der Waals surface area contributed by atoms with E-state index in [0.717, 1.165) is 6.33 Å². The number of hydrogen-bond donors (Lipinski definition) is 2. The highest BCUT2D eigenvalue weighted by atomic mass is 19.1. The molecule has 0 saturated carbocycles. The maximum atomic E-state index is 13.6. The highest BCUT2D eigenvalue weighted by Crippen LogP contribution is 2.31. The van der Waals surface area contributed by atoms with Gasteiger partial charge in [0.2, 0.25) is 11.6 Å². The summed E-state index contributed by atoms with van der Waals surface area (Å²) in [6.07, 6.45) is 1.16. The van der Waals surface area contributed by atoms with Crippen molar-refractivity contribution in [1.29, 1.82) is 0 Å². The lowest BCUT2D eigenvalue weighted by molar-refractivity contribution is -0.383. The van der Waals surface area contributed by atoms with Gasteiger partial charge in [-0.2, -0.15) is 0 Å². The molecule has 0 fully saturated rings. The molecule has 0 aliphatic carbocycles. The molecule has 0 atom stereocenters. The van der Waals surface area contributed by atoms with Crippen molar-refractivity contribution in [2.24, 2.45) is 0 Å². The van der Waals surface area contributed by atoms with Crippen LogP contribution >= 0.6 is 0 Å². The first-order chi connectivity index (χ1) is 10.6. The Morgan fingerprint density at radius 2 is 2.05 bits per heavy atom. The third-order valence-corrected chi connectivity index (χ3v) is 2.73. The summed E-state index contributed by atoms with van der Waals surface area (Å²) in [5.74, 6) is -0.592. The molecular formula is C13H14FN5O3. The van der Waals surface area contributed by atoms with E-state index in [1.165, 1.54) is 25.3 Å². The van der Waals surface area contributed by atoms with Gasteiger partial charge in [0, 0.05) is 13.7 Å². The van der Waals surface area contributed by atoms with E-state index in [1.807, 2.05) is 0 Å². The Hall–Kier alpha value is -2.81. The van der Waals surface area contributed by atoms with E-state index in [1.54, 1.807) is 6.07 Å². The molecule has 0 bridgehead atoms. The van der Waals surface area contributed by atoms with E-state index in [0.29, 0.717) is 13.2 Å². The molecule has 0 amide bonds. The van der Waals surface area contributed by atoms with Crippen molar-refractivity contribution < 1.29 is 14.1 Å². The second-order valence-electron chi connectivity index (χ2n) is 4.20. The molecule has 0 unspecified atom stereocenters. The molecule has 0 aliphatic rings. The largest absolute Gasteiger partial charge is 0.383 e. The molecule has 1 aromatic carbocycles. The van der Waals surface area contributed by atoms with Crippen molar-refractivity contribution in [3.8, 4) is 0 Å². The monoisotopic (exact) mass is 307 g/mol. The Labute approximate surface area is 125 Å². The SMILES string of the molecule is COCCNc1ncnc(Nc2ccccc2F)c1[N+](=O)[O-]. The quantitative estimate of drug-likeness (QED) is 0.459. The first-order valence-corrected chi connectivity index (χ1v) is 6.37. The molecule has 116 valence electrons. The van der Waals surface area contributed by atoms with Crippen LogP contribution in [-0.4, -0.2) is 35.2 Å². The Kier molecular flexibility index (Phi) is 5.15. The Bertz CT molecular complexity index is 668. The van der Waals surface area contributed by atoms with Crippen LogP contribution in [0.25, 0.3) is 0 Å². The molecular weight excluding hydrogens is 293 g/mol. The van der Waals surface area contributed by atoms with Gasteiger partial charge in [0.25, 0.3) is 0 Å². The van der Waals surface area contributed by atoms with Gasteiger partial charge in [0.1, 0.15) is 12.1 Å². The maximum absolute atomic E-state index is 13.6. The zero-order valence-electron chi connectivity index (χ0n) is 11.7. The Morgan fingerprint density at radius 1 is 1.32 bits per heavy atom. The van der Waals surface area contributed by atoms with Crippen LogP contribution < -0.4 is 10.6 Å². The number of methoxy groups -OCH3 is 1. The zero-order chi connectivity index (χ0) is 15.9. The molecule has 2 aromatic rings. The third kappa shape index (κ3) is 3.64. The van der Waals surface area contributed by atoms with E-state index >= 15 is 0 Å². The van der Waals surface area contributed by atoms with E-state index in [4.69, 9.17) is 4.74 Å². The number of anilines is 3. The molecule has 0 aliphatic heterocycles. The smallest absolute Gasteiger partial charge is 0.353 e. The minimum atomic E-state index is -0.627. The molecule has 0 saturated heterocycles. The number of halogens is 1. The van der Waals surface area contributed by atoms with Crippen LogP contribution in [0.3, 0.4) is 0 Å². The summed E-state index contributed by atoms with van der Waals surface area (Å²) in [5.41, 5.74) is -0.269. The number of aromatic nitrogens is 2. The van der Waals surface area contributed by atoms with Gasteiger partial charge < -0.3 is 15.4 Å². The zero-order valence-corrected chi connectivity index (χ0v) is 11.7. The number of para-hydroxylation sites is 1. The van der Waals surface area contributed by atoms with Gasteiger partial charge in [-0.05, 0) is 12.1 Å². The Morgan fingerprint density at radius 3 is 2.73 bits per heavy atom. The minimum Gasteiger partial charge on any atom is -0.383 e. The topological polar surface area (TPSA) is 102 Å². The lowest BCUT2D eigenvalue weighted by atomic mass is 10.3. The highest BCUT2D eigenvalue weighted by Gasteiger charge is 2.23. The average Bonchev–Trinajstić information content (AvgIpc) is 2.50. The summed E-state index contributed by atoms with van der Waals surface area (Å²) < 4.78 is 18.5. The summed E-state index contributed by atoms with van der Waals surface area (Å²) in [7, 11) is 1.52. The fourth-order valence-electron chi connectivity index (χ4n) is 1.73. The summed E-state index contributed by atoms with van der Waals surface area (Å²) >= 11 is 0. The number of rotatable bonds is 7. The second-order valence-corrected chi connectivity index (χ2v) is 4.20. The van der Waals surface area contributed by atoms with E-state index < -0.39 is 10.7 Å². The molecule has 2 N–H and O–H groups in total. The first-order valence-electron chi connectivity index (χ1n) is 6.37. The summed E-state index contributed by atoms with van der Waals surface area (Å²) in [5, 5.41) is 16.7. The standard InChI is InChI=1S/C13H14FN5O3/c1-22-7-6-15-12-11(19(20)21)13(17-8-16-12)18-10-5-3-2-4-9(10)14/h2-5,8H,6-7H2,1H3,(H2,15,16,17,18).